The summed E-state index contributed by atoms with van der Waals surface area (Å²) in [6.45, 7) is 14.1. The van der Waals surface area contributed by atoms with Gasteiger partial charge in [-0.3, -0.25) is 28.8 Å². The molecule has 0 unspecified atom stereocenters. The highest BCUT2D eigenvalue weighted by Gasteiger charge is 2.35. The summed E-state index contributed by atoms with van der Waals surface area (Å²) in [6.07, 6.45) is 9.77. The van der Waals surface area contributed by atoms with Gasteiger partial charge in [0.15, 0.2) is 17.3 Å². The summed E-state index contributed by atoms with van der Waals surface area (Å²) in [5.74, 6) is 3.76. The Morgan fingerprint density at radius 1 is 0.578 bits per heavy atom. The minimum Gasteiger partial charge on any atom is -0.497 e. The number of carbonyl (C=O) groups excluding carboxylic acids is 3. The van der Waals surface area contributed by atoms with Crippen LogP contribution >= 0.6 is 11.6 Å². The van der Waals surface area contributed by atoms with E-state index in [0.717, 1.165) is 87.0 Å². The first kappa shape index (κ1) is 47.5. The van der Waals surface area contributed by atoms with Crippen molar-refractivity contribution in [2.45, 2.75) is 99.0 Å². The smallest absolute Gasteiger partial charge is 0.166 e. The Bertz CT molecular complexity index is 2500. The van der Waals surface area contributed by atoms with Gasteiger partial charge in [-0.15, -0.1) is 11.6 Å². The molecule has 0 bridgehead atoms. The summed E-state index contributed by atoms with van der Waals surface area (Å²) in [4.78, 5) is 35.9. The highest BCUT2D eigenvalue weighted by molar-refractivity contribution is 6.17. The van der Waals surface area contributed by atoms with Crippen LogP contribution in [0.4, 0.5) is 0 Å². The molecule has 3 aromatic heterocycles. The fourth-order valence-electron chi connectivity index (χ4n) is 8.26. The van der Waals surface area contributed by atoms with Crippen molar-refractivity contribution < 1.29 is 28.6 Å². The van der Waals surface area contributed by atoms with Crippen LogP contribution in [0.15, 0.2) is 91.4 Å². The van der Waals surface area contributed by atoms with E-state index in [2.05, 4.69) is 61.9 Å². The van der Waals surface area contributed by atoms with E-state index in [4.69, 9.17) is 25.8 Å². The molecule has 12 nitrogen and oxygen atoms in total. The van der Waals surface area contributed by atoms with Gasteiger partial charge in [0.25, 0.3) is 0 Å². The van der Waals surface area contributed by atoms with Gasteiger partial charge in [-0.2, -0.15) is 15.3 Å². The number of aromatic nitrogens is 6. The largest absolute Gasteiger partial charge is 0.497 e. The predicted molar refractivity (Wildman–Crippen MR) is 249 cm³/mol. The summed E-state index contributed by atoms with van der Waals surface area (Å²) in [5, 5.41) is 15.8. The molecule has 3 aliphatic carbocycles. The number of carbonyl (C=O) groups is 3. The Morgan fingerprint density at radius 3 is 1.58 bits per heavy atom. The van der Waals surface area contributed by atoms with Crippen LogP contribution in [-0.2, 0) is 38.2 Å². The Hall–Kier alpha value is -6.01. The fraction of sp³-hybridized carbons (Fsp3) is 0.412. The van der Waals surface area contributed by atoms with Crippen LogP contribution in [0, 0.1) is 16.2 Å². The van der Waals surface area contributed by atoms with E-state index in [9.17, 15) is 14.4 Å². The number of halogens is 1. The quantitative estimate of drug-likeness (QED) is 0.148. The third-order valence-corrected chi connectivity index (χ3v) is 11.9. The second-order valence-corrected chi connectivity index (χ2v) is 19.4. The molecule has 9 rings (SSSR count). The number of nitrogens with one attached hydrogen (secondary N) is 1. The van der Waals surface area contributed by atoms with Crippen LogP contribution in [-0.4, -0.2) is 68.4 Å². The summed E-state index contributed by atoms with van der Waals surface area (Å²) >= 11 is 5.58. The third-order valence-electron chi connectivity index (χ3n) is 11.6. The second-order valence-electron chi connectivity index (χ2n) is 19.1. The SMILES string of the molecule is CC1(C)CC(=O)c2cn[nH]c2C1.COc1ccc(CCl)cc1.COc1ccc(Cn2cc3c(n2)CC(C)(C)CC3=O)cc1.COc1ccc(Cn2ncc3c2CC(C)(C)CC3=O)cc1. The Labute approximate surface area is 381 Å². The van der Waals surface area contributed by atoms with Gasteiger partial charge in [0, 0.05) is 37.0 Å². The molecule has 0 amide bonds. The number of Topliss-reactive ketones (excluding diaryl/α,β-unsaturated/α-hetero) is 3. The molecule has 0 radical (unpaired) electrons. The van der Waals surface area contributed by atoms with Crippen molar-refractivity contribution in [3.05, 3.63) is 142 Å². The van der Waals surface area contributed by atoms with Gasteiger partial charge in [-0.1, -0.05) is 77.9 Å². The molecule has 3 heterocycles. The summed E-state index contributed by atoms with van der Waals surface area (Å²) in [7, 11) is 4.96. The number of rotatable bonds is 8. The molecule has 338 valence electrons. The van der Waals surface area contributed by atoms with Crippen molar-refractivity contribution >= 4 is 29.0 Å². The van der Waals surface area contributed by atoms with Gasteiger partial charge >= 0.3 is 0 Å². The van der Waals surface area contributed by atoms with Crippen LogP contribution in [0.5, 0.6) is 17.2 Å². The lowest BCUT2D eigenvalue weighted by Gasteiger charge is -2.29. The second kappa shape index (κ2) is 20.2. The molecular weight excluding hydrogens is 828 g/mol. The molecule has 0 aliphatic heterocycles. The van der Waals surface area contributed by atoms with E-state index in [1.165, 1.54) is 0 Å². The van der Waals surface area contributed by atoms with Gasteiger partial charge in [0.1, 0.15) is 17.2 Å². The van der Waals surface area contributed by atoms with E-state index in [1.54, 1.807) is 33.7 Å². The minimum atomic E-state index is 0.0156. The van der Waals surface area contributed by atoms with Gasteiger partial charge in [-0.05, 0) is 88.6 Å². The zero-order chi connectivity index (χ0) is 46.2. The van der Waals surface area contributed by atoms with Crippen LogP contribution < -0.4 is 14.2 Å². The van der Waals surface area contributed by atoms with Gasteiger partial charge in [0.05, 0.1) is 74.9 Å². The number of aromatic amines is 1. The highest BCUT2D eigenvalue weighted by atomic mass is 35.5. The topological polar surface area (TPSA) is 143 Å². The number of hydrogen-bond donors (Lipinski definition) is 1. The van der Waals surface area contributed by atoms with Gasteiger partial charge < -0.3 is 14.2 Å². The maximum atomic E-state index is 12.2. The monoisotopic (exact) mass is 888 g/mol. The molecule has 0 saturated heterocycles. The van der Waals surface area contributed by atoms with Crippen LogP contribution in [0.25, 0.3) is 0 Å². The van der Waals surface area contributed by atoms with Gasteiger partial charge in [0.2, 0.25) is 0 Å². The maximum Gasteiger partial charge on any atom is 0.166 e. The van der Waals surface area contributed by atoms with Crippen LogP contribution in [0.1, 0.15) is 126 Å². The molecule has 0 fully saturated rings. The number of ketones is 3. The number of methoxy groups -OCH3 is 3. The number of hydrogen-bond acceptors (Lipinski definition) is 9. The van der Waals surface area contributed by atoms with Crippen molar-refractivity contribution in [1.29, 1.82) is 0 Å². The zero-order valence-corrected chi connectivity index (χ0v) is 39.3. The average Bonchev–Trinajstić information content (AvgIpc) is 4.00. The lowest BCUT2D eigenvalue weighted by atomic mass is 9.76. The first-order valence-electron chi connectivity index (χ1n) is 21.6. The molecule has 13 heteroatoms. The lowest BCUT2D eigenvalue weighted by molar-refractivity contribution is 0.0901. The summed E-state index contributed by atoms with van der Waals surface area (Å²) in [5.41, 5.74) is 8.90. The highest BCUT2D eigenvalue weighted by Crippen LogP contribution is 2.36. The number of alkyl halides is 1. The maximum absolute atomic E-state index is 12.2. The fourth-order valence-corrected chi connectivity index (χ4v) is 8.44. The lowest BCUT2D eigenvalue weighted by Crippen LogP contribution is -2.28. The van der Waals surface area contributed by atoms with Crippen molar-refractivity contribution in [2.75, 3.05) is 21.3 Å². The number of fused-ring (bicyclic) bond motifs is 3. The van der Waals surface area contributed by atoms with Crippen molar-refractivity contribution in [2.24, 2.45) is 16.2 Å². The number of nitrogens with zero attached hydrogens (tertiary/aromatic N) is 5. The van der Waals surface area contributed by atoms with E-state index < -0.39 is 0 Å². The summed E-state index contributed by atoms with van der Waals surface area (Å²) < 4.78 is 19.1. The van der Waals surface area contributed by atoms with Crippen LogP contribution in [0.3, 0.4) is 0 Å². The number of ether oxygens (including phenoxy) is 3. The molecule has 6 aromatic rings. The minimum absolute atomic E-state index is 0.0156. The first-order valence-corrected chi connectivity index (χ1v) is 22.1. The predicted octanol–water partition coefficient (Wildman–Crippen LogP) is 10.2. The van der Waals surface area contributed by atoms with Crippen LogP contribution in [0.2, 0.25) is 0 Å². The Balaban J connectivity index is 0.000000148. The van der Waals surface area contributed by atoms with E-state index in [-0.39, 0.29) is 33.6 Å². The van der Waals surface area contributed by atoms with E-state index >= 15 is 0 Å². The number of benzene rings is 3. The molecule has 0 atom stereocenters. The molecule has 0 saturated carbocycles. The standard InChI is InChI=1S/2C17H20N2O2.C9H12N2O.C8H9ClO/c1-17(2)8-15-14(16(20)9-17)10-18-19(15)11-12-4-6-13(21-3)7-5-12;1-17(2)8-15-14(16(20)9-17)11-19(18-15)10-12-4-6-13(21-3)7-5-12;1-9(2)3-7-6(5-10-11-7)8(12)4-9;1-10-8-4-2-7(6-9)3-5-8/h4-7,10H,8-9,11H2,1-3H3;4-7,11H,8-10H2,1-3H3;5H,3-4H2,1-2H3,(H,10,11);2-5H,6H2,1H3. The Kier molecular flexibility index (Phi) is 15.0. The zero-order valence-electron chi connectivity index (χ0n) is 38.6. The van der Waals surface area contributed by atoms with Crippen molar-refractivity contribution in [3.8, 4) is 17.2 Å². The Morgan fingerprint density at radius 2 is 1.05 bits per heavy atom. The summed E-state index contributed by atoms with van der Waals surface area (Å²) in [6, 6.07) is 23.6. The molecule has 3 aromatic carbocycles. The molecule has 0 spiro atoms. The average molecular weight is 890 g/mol. The van der Waals surface area contributed by atoms with E-state index in [0.29, 0.717) is 38.2 Å². The normalized spacial score (nSPS) is 16.2. The number of H-pyrrole nitrogens is 1. The van der Waals surface area contributed by atoms with Crippen molar-refractivity contribution in [3.63, 3.8) is 0 Å². The third kappa shape index (κ3) is 12.4. The molecule has 3 aliphatic rings. The first-order chi connectivity index (χ1) is 30.4. The van der Waals surface area contributed by atoms with Gasteiger partial charge in [-0.25, -0.2) is 0 Å². The molecule has 1 N–H and O–H groups in total. The van der Waals surface area contributed by atoms with Crippen molar-refractivity contribution in [1.82, 2.24) is 29.8 Å². The molecular formula is C51H61ClN6O6. The molecule has 64 heavy (non-hydrogen) atoms. The van der Waals surface area contributed by atoms with E-state index in [1.807, 2.05) is 88.4 Å².